The molecule has 7 nitrogen and oxygen atoms in total. The molecule has 0 spiro atoms. The van der Waals surface area contributed by atoms with Crippen molar-refractivity contribution in [2.45, 2.75) is 64.7 Å². The maximum Gasteiger partial charge on any atom is 0.243 e. The monoisotopic (exact) mass is 408 g/mol. The van der Waals surface area contributed by atoms with Gasteiger partial charge in [0.05, 0.1) is 34.8 Å². The summed E-state index contributed by atoms with van der Waals surface area (Å²) in [6.07, 6.45) is 15.0. The van der Waals surface area contributed by atoms with Crippen LogP contribution in [0.15, 0.2) is 12.2 Å². The summed E-state index contributed by atoms with van der Waals surface area (Å²) in [4.78, 5) is 11.6. The Kier molecular flexibility index (Phi) is 18.0. The number of hydrogen-bond acceptors (Lipinski definition) is 5. The molecule has 0 aliphatic rings. The van der Waals surface area contributed by atoms with Gasteiger partial charge in [0.25, 0.3) is 0 Å². The molecule has 0 aliphatic carbocycles. The number of nitrogens with one attached hydrogen (secondary N) is 1. The summed E-state index contributed by atoms with van der Waals surface area (Å²) in [5.41, 5.74) is 0. The molecular formula is C19H40N2O5S. The summed E-state index contributed by atoms with van der Waals surface area (Å²) < 4.78 is 32.0. The van der Waals surface area contributed by atoms with E-state index in [1.165, 1.54) is 44.9 Å². The molecule has 0 bridgehead atoms. The van der Waals surface area contributed by atoms with Crippen LogP contribution in [-0.2, 0) is 19.4 Å². The van der Waals surface area contributed by atoms with Crippen LogP contribution in [0.1, 0.15) is 64.7 Å². The largest absolute Gasteiger partial charge is 0.726 e. The second-order valence-corrected chi connectivity index (χ2v) is 8.70. The van der Waals surface area contributed by atoms with Gasteiger partial charge in [0.1, 0.15) is 0 Å². The van der Waals surface area contributed by atoms with Gasteiger partial charge in [-0.1, -0.05) is 51.5 Å². The smallest absolute Gasteiger partial charge is 0.243 e. The van der Waals surface area contributed by atoms with Crippen molar-refractivity contribution in [3.8, 4) is 0 Å². The van der Waals surface area contributed by atoms with Gasteiger partial charge >= 0.3 is 0 Å². The average molecular weight is 409 g/mol. The van der Waals surface area contributed by atoms with Crippen molar-refractivity contribution in [2.24, 2.45) is 0 Å². The average Bonchev–Trinajstić information content (AvgIpc) is 2.56. The van der Waals surface area contributed by atoms with E-state index in [1.807, 2.05) is 6.08 Å². The molecule has 0 saturated heterocycles. The van der Waals surface area contributed by atoms with Crippen LogP contribution in [0.2, 0.25) is 0 Å². The van der Waals surface area contributed by atoms with Crippen LogP contribution < -0.4 is 5.32 Å². The molecule has 1 N–H and O–H groups in total. The molecule has 0 atom stereocenters. The van der Waals surface area contributed by atoms with E-state index >= 15 is 0 Å². The lowest BCUT2D eigenvalue weighted by molar-refractivity contribution is -0.870. The molecule has 0 radical (unpaired) electrons. The highest BCUT2D eigenvalue weighted by molar-refractivity contribution is 7.80. The van der Waals surface area contributed by atoms with Crippen LogP contribution in [-0.4, -0.2) is 64.7 Å². The Morgan fingerprint density at radius 3 is 2.04 bits per heavy atom. The summed E-state index contributed by atoms with van der Waals surface area (Å²) in [7, 11) is 2.91. The van der Waals surface area contributed by atoms with Crippen molar-refractivity contribution in [1.82, 2.24) is 5.32 Å². The highest BCUT2D eigenvalue weighted by atomic mass is 32.3. The molecule has 8 heteroatoms. The number of rotatable bonds is 14. The number of nitrogens with zero attached hydrogens (tertiary/aromatic N) is 1. The Bertz CT molecular complexity index is 485. The molecule has 27 heavy (non-hydrogen) atoms. The van der Waals surface area contributed by atoms with Gasteiger partial charge in [-0.15, -0.1) is 0 Å². The number of carbonyl (C=O) groups is 1. The van der Waals surface area contributed by atoms with Crippen molar-refractivity contribution < 1.29 is 26.4 Å². The SMILES string of the molecule is CCCCCCCCCC=CC(=O)NCCC[N+](C)(C)C.COS(=O)(=O)[O-]. The first-order valence-corrected chi connectivity index (χ1v) is 11.1. The Morgan fingerprint density at radius 1 is 1.04 bits per heavy atom. The summed E-state index contributed by atoms with van der Waals surface area (Å²) in [5, 5.41) is 2.94. The Balaban J connectivity index is 0. The number of quaternary nitrogens is 1. The lowest BCUT2D eigenvalue weighted by Gasteiger charge is -2.23. The van der Waals surface area contributed by atoms with Gasteiger partial charge in [-0.2, -0.15) is 0 Å². The molecule has 0 saturated carbocycles. The van der Waals surface area contributed by atoms with E-state index in [0.29, 0.717) is 0 Å². The zero-order valence-electron chi connectivity index (χ0n) is 17.8. The molecular weight excluding hydrogens is 368 g/mol. The predicted molar refractivity (Wildman–Crippen MR) is 109 cm³/mol. The fourth-order valence-corrected chi connectivity index (χ4v) is 2.23. The van der Waals surface area contributed by atoms with E-state index in [9.17, 15) is 17.8 Å². The number of carbonyl (C=O) groups excluding carboxylic acids is 1. The van der Waals surface area contributed by atoms with Crippen molar-refractivity contribution in [3.05, 3.63) is 12.2 Å². The first-order valence-electron chi connectivity index (χ1n) is 9.78. The number of amides is 1. The minimum atomic E-state index is -4.41. The summed E-state index contributed by atoms with van der Waals surface area (Å²) in [5.74, 6) is 0.0550. The van der Waals surface area contributed by atoms with Crippen LogP contribution in [0.5, 0.6) is 0 Å². The summed E-state index contributed by atoms with van der Waals surface area (Å²) >= 11 is 0. The maximum absolute atomic E-state index is 11.6. The third-order valence-electron chi connectivity index (χ3n) is 3.75. The van der Waals surface area contributed by atoms with E-state index in [4.69, 9.17) is 0 Å². The topological polar surface area (TPSA) is 95.5 Å². The lowest BCUT2D eigenvalue weighted by Crippen LogP contribution is -2.37. The Hall–Kier alpha value is -0.960. The number of unbranched alkanes of at least 4 members (excludes halogenated alkanes) is 7. The van der Waals surface area contributed by atoms with E-state index in [-0.39, 0.29) is 5.91 Å². The zero-order chi connectivity index (χ0) is 21.2. The molecule has 0 rings (SSSR count). The van der Waals surface area contributed by atoms with Gasteiger partial charge in [0, 0.05) is 13.0 Å². The highest BCUT2D eigenvalue weighted by Crippen LogP contribution is 2.08. The second kappa shape index (κ2) is 17.2. The highest BCUT2D eigenvalue weighted by Gasteiger charge is 2.05. The maximum atomic E-state index is 11.6. The quantitative estimate of drug-likeness (QED) is 0.157. The molecule has 162 valence electrons. The fraction of sp³-hybridized carbons (Fsp3) is 0.842. The van der Waals surface area contributed by atoms with Gasteiger partial charge < -0.3 is 14.4 Å². The first kappa shape index (κ1) is 28.3. The van der Waals surface area contributed by atoms with Crippen LogP contribution in [0.3, 0.4) is 0 Å². The molecule has 0 aliphatic heterocycles. The minimum Gasteiger partial charge on any atom is -0.726 e. The number of allylic oxidation sites excluding steroid dienone is 1. The Morgan fingerprint density at radius 2 is 1.56 bits per heavy atom. The van der Waals surface area contributed by atoms with Gasteiger partial charge in [-0.05, 0) is 18.9 Å². The standard InChI is InChI=1S/C18H36N2O.CH4O4S/c1-5-6-7-8-9-10-11-12-13-15-18(21)19-16-14-17-20(2,3)4;1-5-6(2,3)4/h13,15H,5-12,14,16-17H2,1-4H3;1H3,(H,2,3,4). The third kappa shape index (κ3) is 30.0. The van der Waals surface area contributed by atoms with Gasteiger partial charge in [-0.3, -0.25) is 8.98 Å². The lowest BCUT2D eigenvalue weighted by atomic mass is 10.1. The van der Waals surface area contributed by atoms with Crippen LogP contribution >= 0.6 is 0 Å². The summed E-state index contributed by atoms with van der Waals surface area (Å²) in [6.45, 7) is 4.11. The molecule has 0 fully saturated rings. The van der Waals surface area contributed by atoms with Crippen molar-refractivity contribution in [2.75, 3.05) is 41.3 Å². The van der Waals surface area contributed by atoms with Crippen molar-refractivity contribution in [3.63, 3.8) is 0 Å². The predicted octanol–water partition coefficient (Wildman–Crippen LogP) is 2.99. The minimum absolute atomic E-state index is 0.0550. The van der Waals surface area contributed by atoms with Crippen LogP contribution in [0.25, 0.3) is 0 Å². The van der Waals surface area contributed by atoms with E-state index in [0.717, 1.165) is 37.5 Å². The Labute approximate surface area is 166 Å². The molecule has 1 amide bonds. The van der Waals surface area contributed by atoms with Crippen molar-refractivity contribution >= 4 is 16.3 Å². The molecule has 0 aromatic rings. The second-order valence-electron chi connectivity index (χ2n) is 7.55. The molecule has 0 aromatic heterocycles. The molecule has 0 heterocycles. The van der Waals surface area contributed by atoms with Crippen LogP contribution in [0.4, 0.5) is 0 Å². The van der Waals surface area contributed by atoms with E-state index in [2.05, 4.69) is 37.6 Å². The first-order chi connectivity index (χ1) is 12.5. The van der Waals surface area contributed by atoms with Crippen molar-refractivity contribution in [1.29, 1.82) is 0 Å². The third-order valence-corrected chi connectivity index (χ3v) is 4.16. The van der Waals surface area contributed by atoms with Gasteiger partial charge in [0.15, 0.2) is 0 Å². The fourth-order valence-electron chi connectivity index (χ4n) is 2.23. The van der Waals surface area contributed by atoms with E-state index in [1.54, 1.807) is 6.08 Å². The van der Waals surface area contributed by atoms with Gasteiger partial charge in [-0.25, -0.2) is 8.42 Å². The molecule has 0 unspecified atom stereocenters. The normalized spacial score (nSPS) is 11.9. The van der Waals surface area contributed by atoms with Gasteiger partial charge in [0.2, 0.25) is 16.3 Å². The molecule has 0 aromatic carbocycles. The zero-order valence-corrected chi connectivity index (χ0v) is 18.6. The van der Waals surface area contributed by atoms with E-state index < -0.39 is 10.4 Å². The number of hydrogen-bond donors (Lipinski definition) is 1. The van der Waals surface area contributed by atoms with Crippen LogP contribution in [0, 0.1) is 0 Å². The summed E-state index contributed by atoms with van der Waals surface area (Å²) in [6, 6.07) is 0.